The Kier molecular flexibility index (Phi) is 9.12. The molecule has 2 nitrogen and oxygen atoms in total. The molecule has 0 amide bonds. The van der Waals surface area contributed by atoms with Gasteiger partial charge < -0.3 is 10.1 Å². The van der Waals surface area contributed by atoms with Gasteiger partial charge in [0.1, 0.15) is 0 Å². The zero-order chi connectivity index (χ0) is 11.7. The zero-order valence-corrected chi connectivity index (χ0v) is 11.2. The first kappa shape index (κ1) is 14.9. The predicted molar refractivity (Wildman–Crippen MR) is 67.2 cm³/mol. The lowest BCUT2D eigenvalue weighted by molar-refractivity contribution is 0.0929. The number of ether oxygens (including phenoxy) is 1. The van der Waals surface area contributed by atoms with E-state index in [1.54, 1.807) is 7.11 Å². The molecule has 0 rings (SSSR count). The van der Waals surface area contributed by atoms with Gasteiger partial charge in [0.25, 0.3) is 0 Å². The fourth-order valence-electron chi connectivity index (χ4n) is 1.85. The largest absolute Gasteiger partial charge is 0.382 e. The third-order valence-electron chi connectivity index (χ3n) is 2.75. The fraction of sp³-hybridized carbons (Fsp3) is 1.00. The fourth-order valence-corrected chi connectivity index (χ4v) is 1.85. The van der Waals surface area contributed by atoms with E-state index in [2.05, 4.69) is 33.0 Å². The second-order valence-corrected chi connectivity index (χ2v) is 4.99. The number of hydrogen-bond donors (Lipinski definition) is 1. The van der Waals surface area contributed by atoms with Crippen LogP contribution in [0.15, 0.2) is 0 Å². The molecule has 2 unspecified atom stereocenters. The summed E-state index contributed by atoms with van der Waals surface area (Å²) in [4.78, 5) is 0. The number of rotatable bonds is 9. The highest BCUT2D eigenvalue weighted by molar-refractivity contribution is 4.66. The molecule has 0 aliphatic rings. The molecule has 2 heteroatoms. The van der Waals surface area contributed by atoms with Crippen LogP contribution in [-0.2, 0) is 4.74 Å². The predicted octanol–water partition coefficient (Wildman–Crippen LogP) is 3.07. The molecule has 0 radical (unpaired) electrons. The Morgan fingerprint density at radius 3 is 2.27 bits per heavy atom. The minimum Gasteiger partial charge on any atom is -0.382 e. The maximum Gasteiger partial charge on any atom is 0.0546 e. The average Bonchev–Trinajstić information content (AvgIpc) is 2.17. The molecule has 0 spiro atoms. The first-order chi connectivity index (χ1) is 7.10. The maximum atomic E-state index is 5.33. The molecular formula is C13H29NO. The molecule has 0 aliphatic carbocycles. The van der Waals surface area contributed by atoms with Crippen LogP contribution >= 0.6 is 0 Å². The maximum absolute atomic E-state index is 5.33. The molecule has 1 N–H and O–H groups in total. The van der Waals surface area contributed by atoms with Crippen LogP contribution in [0.25, 0.3) is 0 Å². The van der Waals surface area contributed by atoms with Crippen molar-refractivity contribution in [2.45, 2.75) is 53.1 Å². The minimum absolute atomic E-state index is 0.391. The summed E-state index contributed by atoms with van der Waals surface area (Å²) in [5.41, 5.74) is 0. The second-order valence-electron chi connectivity index (χ2n) is 4.99. The van der Waals surface area contributed by atoms with Crippen molar-refractivity contribution in [1.82, 2.24) is 5.32 Å². The summed E-state index contributed by atoms with van der Waals surface area (Å²) in [7, 11) is 1.80. The number of methoxy groups -OCH3 is 1. The molecule has 0 aromatic rings. The van der Waals surface area contributed by atoms with Crippen molar-refractivity contribution in [2.75, 3.05) is 20.2 Å². The van der Waals surface area contributed by atoms with Crippen LogP contribution in [0.3, 0.4) is 0 Å². The molecule has 0 saturated heterocycles. The van der Waals surface area contributed by atoms with Gasteiger partial charge in [0.2, 0.25) is 0 Å². The van der Waals surface area contributed by atoms with Crippen molar-refractivity contribution in [2.24, 2.45) is 11.8 Å². The van der Waals surface area contributed by atoms with Gasteiger partial charge in [0, 0.05) is 7.11 Å². The summed E-state index contributed by atoms with van der Waals surface area (Å²) in [5, 5.41) is 3.54. The van der Waals surface area contributed by atoms with Crippen molar-refractivity contribution in [3.05, 3.63) is 0 Å². The van der Waals surface area contributed by atoms with Crippen molar-refractivity contribution < 1.29 is 4.74 Å². The Bertz CT molecular complexity index is 136. The van der Waals surface area contributed by atoms with Crippen molar-refractivity contribution >= 4 is 0 Å². The zero-order valence-electron chi connectivity index (χ0n) is 11.2. The second kappa shape index (κ2) is 9.17. The molecule has 0 aliphatic heterocycles. The number of nitrogens with one attached hydrogen (secondary N) is 1. The molecule has 15 heavy (non-hydrogen) atoms. The molecular weight excluding hydrogens is 186 g/mol. The van der Waals surface area contributed by atoms with E-state index in [1.807, 2.05) is 0 Å². The van der Waals surface area contributed by atoms with E-state index in [4.69, 9.17) is 4.74 Å². The summed E-state index contributed by atoms with van der Waals surface area (Å²) in [6, 6.07) is 0. The van der Waals surface area contributed by atoms with Gasteiger partial charge in [-0.25, -0.2) is 0 Å². The van der Waals surface area contributed by atoms with Gasteiger partial charge >= 0.3 is 0 Å². The van der Waals surface area contributed by atoms with Crippen molar-refractivity contribution in [1.29, 1.82) is 0 Å². The molecule has 2 atom stereocenters. The van der Waals surface area contributed by atoms with Crippen LogP contribution in [0.4, 0.5) is 0 Å². The van der Waals surface area contributed by atoms with Gasteiger partial charge in [-0.05, 0) is 44.7 Å². The topological polar surface area (TPSA) is 21.3 Å². The molecule has 0 aromatic carbocycles. The van der Waals surface area contributed by atoms with Gasteiger partial charge in [-0.2, -0.15) is 0 Å². The Hall–Kier alpha value is -0.0800. The first-order valence-corrected chi connectivity index (χ1v) is 6.33. The standard InChI is InChI=1S/C13H29NO/c1-6-7-13(8-12(4)15-5)10-14-9-11(2)3/h11-14H,6-10H2,1-5H3. The SMILES string of the molecule is CCCC(CNCC(C)C)CC(C)OC. The molecule has 0 saturated carbocycles. The lowest BCUT2D eigenvalue weighted by Gasteiger charge is -2.20. The van der Waals surface area contributed by atoms with Gasteiger partial charge in [-0.3, -0.25) is 0 Å². The van der Waals surface area contributed by atoms with E-state index in [-0.39, 0.29) is 0 Å². The van der Waals surface area contributed by atoms with Crippen molar-refractivity contribution in [3.8, 4) is 0 Å². The summed E-state index contributed by atoms with van der Waals surface area (Å²) in [6.07, 6.45) is 4.14. The first-order valence-electron chi connectivity index (χ1n) is 6.33. The van der Waals surface area contributed by atoms with Crippen LogP contribution in [0.2, 0.25) is 0 Å². The third kappa shape index (κ3) is 8.88. The lowest BCUT2D eigenvalue weighted by Crippen LogP contribution is -2.28. The highest BCUT2D eigenvalue weighted by Gasteiger charge is 2.11. The summed E-state index contributed by atoms with van der Waals surface area (Å²) >= 11 is 0. The van der Waals surface area contributed by atoms with Gasteiger partial charge in [-0.1, -0.05) is 27.2 Å². The summed E-state index contributed by atoms with van der Waals surface area (Å²) < 4.78 is 5.33. The Morgan fingerprint density at radius 2 is 1.80 bits per heavy atom. The van der Waals surface area contributed by atoms with Crippen LogP contribution < -0.4 is 5.32 Å². The van der Waals surface area contributed by atoms with Crippen LogP contribution in [0.1, 0.15) is 47.0 Å². The van der Waals surface area contributed by atoms with E-state index >= 15 is 0 Å². The normalized spacial score (nSPS) is 15.6. The van der Waals surface area contributed by atoms with E-state index in [1.165, 1.54) is 19.3 Å². The van der Waals surface area contributed by atoms with Crippen LogP contribution in [0, 0.1) is 11.8 Å². The molecule has 0 heterocycles. The lowest BCUT2D eigenvalue weighted by atomic mass is 9.97. The quantitative estimate of drug-likeness (QED) is 0.638. The molecule has 0 fully saturated rings. The van der Waals surface area contributed by atoms with E-state index < -0.39 is 0 Å². The van der Waals surface area contributed by atoms with E-state index in [9.17, 15) is 0 Å². The van der Waals surface area contributed by atoms with E-state index in [0.717, 1.165) is 24.9 Å². The minimum atomic E-state index is 0.391. The average molecular weight is 215 g/mol. The van der Waals surface area contributed by atoms with Gasteiger partial charge in [0.15, 0.2) is 0 Å². The Balaban J connectivity index is 3.72. The van der Waals surface area contributed by atoms with Gasteiger partial charge in [-0.15, -0.1) is 0 Å². The van der Waals surface area contributed by atoms with E-state index in [0.29, 0.717) is 6.10 Å². The monoisotopic (exact) mass is 215 g/mol. The molecule has 0 bridgehead atoms. The Labute approximate surface area is 95.8 Å². The van der Waals surface area contributed by atoms with Crippen molar-refractivity contribution in [3.63, 3.8) is 0 Å². The number of hydrogen-bond acceptors (Lipinski definition) is 2. The Morgan fingerprint density at radius 1 is 1.13 bits per heavy atom. The van der Waals surface area contributed by atoms with Gasteiger partial charge in [0.05, 0.1) is 6.10 Å². The summed E-state index contributed by atoms with van der Waals surface area (Å²) in [5.74, 6) is 1.51. The highest BCUT2D eigenvalue weighted by atomic mass is 16.5. The van der Waals surface area contributed by atoms with Crippen LogP contribution in [-0.4, -0.2) is 26.3 Å². The van der Waals surface area contributed by atoms with Crippen LogP contribution in [0.5, 0.6) is 0 Å². The highest BCUT2D eigenvalue weighted by Crippen LogP contribution is 2.14. The summed E-state index contributed by atoms with van der Waals surface area (Å²) in [6.45, 7) is 11.2. The molecule has 92 valence electrons. The smallest absolute Gasteiger partial charge is 0.0546 e. The molecule has 0 aromatic heterocycles. The third-order valence-corrected chi connectivity index (χ3v) is 2.75.